The van der Waals surface area contributed by atoms with Crippen LogP contribution in [-0.4, -0.2) is 34.9 Å². The summed E-state index contributed by atoms with van der Waals surface area (Å²) in [7, 11) is 0. The van der Waals surface area contributed by atoms with E-state index >= 15 is 0 Å². The lowest BCUT2D eigenvalue weighted by molar-refractivity contribution is 0.0936. The Labute approximate surface area is 192 Å². The quantitative estimate of drug-likeness (QED) is 0.333. The van der Waals surface area contributed by atoms with Gasteiger partial charge in [-0.3, -0.25) is 9.59 Å². The number of aromatic nitrogens is 2. The Hall–Kier alpha value is -1.88. The molecule has 31 heavy (non-hydrogen) atoms. The zero-order valence-corrected chi connectivity index (χ0v) is 20.2. The number of aryl methyl sites for hydroxylation is 2. The van der Waals surface area contributed by atoms with E-state index in [9.17, 15) is 9.59 Å². The number of carbonyl (C=O) groups is 2. The fraction of sp³-hybridized carbons (Fsp3) is 0.619. The van der Waals surface area contributed by atoms with Gasteiger partial charge in [-0.25, -0.2) is 9.97 Å². The highest BCUT2D eigenvalue weighted by atomic mass is 32.1. The van der Waals surface area contributed by atoms with E-state index in [1.807, 2.05) is 13.8 Å². The molecule has 2 rings (SSSR count). The first-order valence-electron chi connectivity index (χ1n) is 10.8. The standard InChI is InChI=1S/C21H34N6O2S2/c1-12(8-4-6-10-22)16-19(30-14(3)26-16)21(29)25-13(2)17-18(20(24)28)31-15(27-17)9-5-7-11-23/h12-13H,4-11,22-23H2,1-3H3,(H2,24,28)(H,25,29)/t12-,13-/m0/s1. The first-order valence-corrected chi connectivity index (χ1v) is 12.4. The number of primary amides is 1. The highest BCUT2D eigenvalue weighted by Gasteiger charge is 2.26. The van der Waals surface area contributed by atoms with Gasteiger partial charge in [0, 0.05) is 5.92 Å². The van der Waals surface area contributed by atoms with Crippen LogP contribution in [0.3, 0.4) is 0 Å². The number of hydrogen-bond donors (Lipinski definition) is 4. The molecule has 0 aliphatic carbocycles. The minimum atomic E-state index is -0.526. The van der Waals surface area contributed by atoms with Crippen molar-refractivity contribution in [3.05, 3.63) is 31.2 Å². The van der Waals surface area contributed by atoms with Crippen LogP contribution < -0.4 is 22.5 Å². The molecule has 2 heterocycles. The average molecular weight is 467 g/mol. The number of nitrogens with one attached hydrogen (secondary N) is 1. The predicted molar refractivity (Wildman–Crippen MR) is 127 cm³/mol. The summed E-state index contributed by atoms with van der Waals surface area (Å²) in [6.45, 7) is 7.10. The number of carbonyl (C=O) groups excluding carboxylic acids is 2. The highest BCUT2D eigenvalue weighted by molar-refractivity contribution is 7.14. The van der Waals surface area contributed by atoms with Crippen LogP contribution in [0.2, 0.25) is 0 Å². The molecule has 2 atom stereocenters. The summed E-state index contributed by atoms with van der Waals surface area (Å²) in [5.74, 6) is -0.560. The largest absolute Gasteiger partial charge is 0.365 e. The van der Waals surface area contributed by atoms with E-state index in [0.717, 1.165) is 54.2 Å². The Balaban J connectivity index is 2.16. The first kappa shape index (κ1) is 25.4. The summed E-state index contributed by atoms with van der Waals surface area (Å²) in [5, 5.41) is 4.68. The van der Waals surface area contributed by atoms with Gasteiger partial charge in [0.15, 0.2) is 0 Å². The van der Waals surface area contributed by atoms with E-state index in [2.05, 4.69) is 22.2 Å². The molecule has 2 amide bonds. The normalized spacial score (nSPS) is 13.2. The predicted octanol–water partition coefficient (Wildman–Crippen LogP) is 3.01. The molecule has 0 spiro atoms. The summed E-state index contributed by atoms with van der Waals surface area (Å²) >= 11 is 2.68. The van der Waals surface area contributed by atoms with Gasteiger partial charge in [0.25, 0.3) is 11.8 Å². The highest BCUT2D eigenvalue weighted by Crippen LogP contribution is 2.30. The third-order valence-corrected chi connectivity index (χ3v) is 7.18. The van der Waals surface area contributed by atoms with Gasteiger partial charge in [0.2, 0.25) is 0 Å². The van der Waals surface area contributed by atoms with Crippen LogP contribution in [0, 0.1) is 6.92 Å². The van der Waals surface area contributed by atoms with Crippen molar-refractivity contribution in [3.8, 4) is 0 Å². The van der Waals surface area contributed by atoms with Crippen molar-refractivity contribution in [1.82, 2.24) is 15.3 Å². The monoisotopic (exact) mass is 466 g/mol. The molecule has 0 unspecified atom stereocenters. The van der Waals surface area contributed by atoms with Crippen molar-refractivity contribution in [2.24, 2.45) is 17.2 Å². The first-order chi connectivity index (χ1) is 14.8. The average Bonchev–Trinajstić information content (AvgIpc) is 3.32. The lowest BCUT2D eigenvalue weighted by Gasteiger charge is -2.15. The molecule has 0 saturated carbocycles. The Kier molecular flexibility index (Phi) is 10.0. The topological polar surface area (TPSA) is 150 Å². The number of unbranched alkanes of at least 4 members (excludes halogenated alkanes) is 2. The van der Waals surface area contributed by atoms with Gasteiger partial charge >= 0.3 is 0 Å². The van der Waals surface area contributed by atoms with Crippen molar-refractivity contribution in [3.63, 3.8) is 0 Å². The van der Waals surface area contributed by atoms with Crippen LogP contribution in [0.4, 0.5) is 0 Å². The number of amides is 2. The number of hydrogen-bond acceptors (Lipinski definition) is 8. The Morgan fingerprint density at radius 2 is 1.65 bits per heavy atom. The van der Waals surface area contributed by atoms with E-state index in [0.29, 0.717) is 28.5 Å². The molecular weight excluding hydrogens is 432 g/mol. The van der Waals surface area contributed by atoms with Gasteiger partial charge in [0.1, 0.15) is 9.75 Å². The van der Waals surface area contributed by atoms with Crippen LogP contribution in [0.15, 0.2) is 0 Å². The zero-order valence-electron chi connectivity index (χ0n) is 18.6. The summed E-state index contributed by atoms with van der Waals surface area (Å²) in [6.07, 6.45) is 5.42. The lowest BCUT2D eigenvalue weighted by atomic mass is 9.99. The number of thiazole rings is 2. The van der Waals surface area contributed by atoms with E-state index < -0.39 is 11.9 Å². The maximum Gasteiger partial charge on any atom is 0.263 e. The van der Waals surface area contributed by atoms with Crippen molar-refractivity contribution >= 4 is 34.5 Å². The molecule has 2 aromatic heterocycles. The van der Waals surface area contributed by atoms with Crippen LogP contribution in [0.5, 0.6) is 0 Å². The second-order valence-corrected chi connectivity index (χ2v) is 10.0. The van der Waals surface area contributed by atoms with E-state index in [4.69, 9.17) is 17.2 Å². The number of nitrogens with zero attached hydrogens (tertiary/aromatic N) is 2. The number of rotatable bonds is 13. The second kappa shape index (κ2) is 12.2. The van der Waals surface area contributed by atoms with Crippen molar-refractivity contribution in [1.29, 1.82) is 0 Å². The number of nitrogens with two attached hydrogens (primary N) is 3. The van der Waals surface area contributed by atoms with Gasteiger partial charge in [-0.05, 0) is 59.0 Å². The molecule has 2 aromatic rings. The molecule has 0 bridgehead atoms. The Morgan fingerprint density at radius 3 is 2.29 bits per heavy atom. The molecule has 0 aromatic carbocycles. The summed E-state index contributed by atoms with van der Waals surface area (Å²) in [6, 6.07) is -0.447. The molecule has 172 valence electrons. The smallest absolute Gasteiger partial charge is 0.263 e. The molecule has 7 N–H and O–H groups in total. The van der Waals surface area contributed by atoms with Crippen LogP contribution in [0.25, 0.3) is 0 Å². The van der Waals surface area contributed by atoms with Crippen LogP contribution >= 0.6 is 22.7 Å². The van der Waals surface area contributed by atoms with E-state index in [1.165, 1.54) is 22.7 Å². The van der Waals surface area contributed by atoms with E-state index in [-0.39, 0.29) is 11.8 Å². The third-order valence-electron chi connectivity index (χ3n) is 5.05. The third kappa shape index (κ3) is 7.06. The SMILES string of the molecule is Cc1nc([C@@H](C)CCCCN)c(C(=O)N[C@@H](C)c2nc(CCCCN)sc2C(N)=O)s1. The van der Waals surface area contributed by atoms with Crippen molar-refractivity contribution < 1.29 is 9.59 Å². The summed E-state index contributed by atoms with van der Waals surface area (Å²) < 4.78 is 0. The summed E-state index contributed by atoms with van der Waals surface area (Å²) in [4.78, 5) is 35.2. The van der Waals surface area contributed by atoms with Gasteiger partial charge in [-0.15, -0.1) is 22.7 Å². The van der Waals surface area contributed by atoms with Gasteiger partial charge in [-0.2, -0.15) is 0 Å². The van der Waals surface area contributed by atoms with E-state index in [1.54, 1.807) is 0 Å². The molecule has 10 heteroatoms. The van der Waals surface area contributed by atoms with Gasteiger partial charge in [0.05, 0.1) is 27.4 Å². The molecule has 0 aliphatic rings. The molecular formula is C21H34N6O2S2. The summed E-state index contributed by atoms with van der Waals surface area (Å²) in [5.41, 5.74) is 18.1. The van der Waals surface area contributed by atoms with Crippen molar-refractivity contribution in [2.45, 2.75) is 71.3 Å². The maximum absolute atomic E-state index is 13.1. The zero-order chi connectivity index (χ0) is 23.0. The van der Waals surface area contributed by atoms with Gasteiger partial charge < -0.3 is 22.5 Å². The van der Waals surface area contributed by atoms with Crippen LogP contribution in [-0.2, 0) is 6.42 Å². The fourth-order valence-electron chi connectivity index (χ4n) is 3.38. The van der Waals surface area contributed by atoms with Crippen LogP contribution in [0.1, 0.15) is 98.7 Å². The van der Waals surface area contributed by atoms with Gasteiger partial charge in [-0.1, -0.05) is 13.3 Å². The van der Waals surface area contributed by atoms with Crippen molar-refractivity contribution in [2.75, 3.05) is 13.1 Å². The Bertz CT molecular complexity index is 879. The lowest BCUT2D eigenvalue weighted by Crippen LogP contribution is -2.28. The molecule has 0 saturated heterocycles. The minimum absolute atomic E-state index is 0.169. The molecule has 0 fully saturated rings. The maximum atomic E-state index is 13.1. The molecule has 0 aliphatic heterocycles. The second-order valence-electron chi connectivity index (χ2n) is 7.76. The Morgan fingerprint density at radius 1 is 0.968 bits per heavy atom. The fourth-order valence-corrected chi connectivity index (χ4v) is 5.37. The molecule has 0 radical (unpaired) electrons. The minimum Gasteiger partial charge on any atom is -0.365 e. The molecule has 8 nitrogen and oxygen atoms in total.